The van der Waals surface area contributed by atoms with Gasteiger partial charge in [0.25, 0.3) is 0 Å². The number of rotatable bonds is 5. The molecule has 2 saturated carbocycles. The minimum Gasteiger partial charge on any atom is -0.348 e. The Balaban J connectivity index is 1.27. The zero-order chi connectivity index (χ0) is 20.5. The summed E-state index contributed by atoms with van der Waals surface area (Å²) in [6.07, 6.45) is 10.2. The molecule has 1 aliphatic heterocycles. The molecule has 0 bridgehead atoms. The van der Waals surface area contributed by atoms with Crippen LogP contribution >= 0.6 is 0 Å². The highest BCUT2D eigenvalue weighted by atomic mass is 16.2. The molecule has 1 heterocycles. The molecule has 162 valence electrons. The van der Waals surface area contributed by atoms with E-state index in [0.717, 1.165) is 71.1 Å². The molecule has 4 aliphatic rings. The van der Waals surface area contributed by atoms with Crippen molar-refractivity contribution in [2.24, 2.45) is 11.8 Å². The summed E-state index contributed by atoms with van der Waals surface area (Å²) < 4.78 is 0. The normalized spacial score (nSPS) is 26.3. The van der Waals surface area contributed by atoms with E-state index in [2.05, 4.69) is 34.5 Å². The predicted molar refractivity (Wildman–Crippen MR) is 117 cm³/mol. The molecule has 0 aromatic heterocycles. The standard InChI is InChI=1S/C25H35N3O2/c29-24(26-22-11-5-9-18-6-3-4-10-21(18)22)23(19-7-1-2-8-19)27-14-16-28(17-15-27)25(30)20-12-13-20/h3-4,6,10,19-20,22-23H,1-2,5,7-9,11-17H2,(H,26,29). The molecule has 30 heavy (non-hydrogen) atoms. The van der Waals surface area contributed by atoms with Crippen molar-refractivity contribution in [3.05, 3.63) is 35.4 Å². The molecular weight excluding hydrogens is 374 g/mol. The van der Waals surface area contributed by atoms with Crippen LogP contribution in [0.25, 0.3) is 0 Å². The summed E-state index contributed by atoms with van der Waals surface area (Å²) in [5, 5.41) is 3.45. The average Bonchev–Trinajstić information content (AvgIpc) is 3.50. The molecule has 5 nitrogen and oxygen atoms in total. The van der Waals surface area contributed by atoms with Gasteiger partial charge in [-0.05, 0) is 62.0 Å². The monoisotopic (exact) mass is 409 g/mol. The summed E-state index contributed by atoms with van der Waals surface area (Å²) in [6, 6.07) is 8.69. The van der Waals surface area contributed by atoms with Gasteiger partial charge in [-0.15, -0.1) is 0 Å². The van der Waals surface area contributed by atoms with Crippen molar-refractivity contribution in [3.8, 4) is 0 Å². The quantitative estimate of drug-likeness (QED) is 0.812. The number of nitrogens with one attached hydrogen (secondary N) is 1. The first-order chi connectivity index (χ1) is 14.7. The van der Waals surface area contributed by atoms with Crippen LogP contribution in [0.1, 0.15) is 68.5 Å². The van der Waals surface area contributed by atoms with Crippen LogP contribution < -0.4 is 5.32 Å². The molecule has 1 aromatic rings. The fourth-order valence-electron chi connectivity index (χ4n) is 5.92. The number of amides is 2. The predicted octanol–water partition coefficient (Wildman–Crippen LogP) is 3.29. The summed E-state index contributed by atoms with van der Waals surface area (Å²) in [7, 11) is 0. The number of benzene rings is 1. The fourth-order valence-corrected chi connectivity index (χ4v) is 5.92. The lowest BCUT2D eigenvalue weighted by Gasteiger charge is -2.41. The van der Waals surface area contributed by atoms with Crippen molar-refractivity contribution < 1.29 is 9.59 Å². The molecule has 2 unspecified atom stereocenters. The molecule has 2 atom stereocenters. The van der Waals surface area contributed by atoms with E-state index >= 15 is 0 Å². The van der Waals surface area contributed by atoms with Gasteiger partial charge in [-0.1, -0.05) is 37.1 Å². The number of nitrogens with zero attached hydrogens (tertiary/aromatic N) is 2. The van der Waals surface area contributed by atoms with Gasteiger partial charge in [-0.3, -0.25) is 14.5 Å². The van der Waals surface area contributed by atoms with Crippen LogP contribution in [0.4, 0.5) is 0 Å². The van der Waals surface area contributed by atoms with Gasteiger partial charge in [0, 0.05) is 32.1 Å². The lowest BCUT2D eigenvalue weighted by Crippen LogP contribution is -2.58. The maximum absolute atomic E-state index is 13.6. The van der Waals surface area contributed by atoms with Crippen molar-refractivity contribution in [2.75, 3.05) is 26.2 Å². The fraction of sp³-hybridized carbons (Fsp3) is 0.680. The molecule has 3 aliphatic carbocycles. The number of carbonyl (C=O) groups is 2. The lowest BCUT2D eigenvalue weighted by molar-refractivity contribution is -0.136. The van der Waals surface area contributed by atoms with Crippen LogP contribution in [0.5, 0.6) is 0 Å². The smallest absolute Gasteiger partial charge is 0.238 e. The Hall–Kier alpha value is -1.88. The van der Waals surface area contributed by atoms with E-state index in [1.54, 1.807) is 0 Å². The second-order valence-corrected chi connectivity index (χ2v) is 9.78. The Bertz CT molecular complexity index is 776. The van der Waals surface area contributed by atoms with Crippen LogP contribution in [0, 0.1) is 11.8 Å². The van der Waals surface area contributed by atoms with E-state index in [-0.39, 0.29) is 23.9 Å². The molecule has 5 rings (SSSR count). The van der Waals surface area contributed by atoms with Gasteiger partial charge in [0.2, 0.25) is 11.8 Å². The van der Waals surface area contributed by atoms with Crippen molar-refractivity contribution in [1.29, 1.82) is 0 Å². The summed E-state index contributed by atoms with van der Waals surface area (Å²) in [6.45, 7) is 3.21. The van der Waals surface area contributed by atoms with Gasteiger partial charge >= 0.3 is 0 Å². The van der Waals surface area contributed by atoms with Gasteiger partial charge in [0.1, 0.15) is 0 Å². The minimum atomic E-state index is -0.0419. The van der Waals surface area contributed by atoms with Gasteiger partial charge in [-0.2, -0.15) is 0 Å². The molecule has 3 fully saturated rings. The van der Waals surface area contributed by atoms with Crippen molar-refractivity contribution in [2.45, 2.75) is 69.9 Å². The van der Waals surface area contributed by atoms with Crippen molar-refractivity contribution in [1.82, 2.24) is 15.1 Å². The van der Waals surface area contributed by atoms with E-state index in [0.29, 0.717) is 11.8 Å². The van der Waals surface area contributed by atoms with E-state index in [1.165, 1.54) is 24.0 Å². The highest BCUT2D eigenvalue weighted by Gasteiger charge is 2.40. The van der Waals surface area contributed by atoms with Crippen LogP contribution in [-0.4, -0.2) is 53.8 Å². The van der Waals surface area contributed by atoms with E-state index in [4.69, 9.17) is 0 Å². The second-order valence-electron chi connectivity index (χ2n) is 9.78. The lowest BCUT2D eigenvalue weighted by atomic mass is 9.87. The Kier molecular flexibility index (Phi) is 5.81. The summed E-state index contributed by atoms with van der Waals surface area (Å²) in [5.41, 5.74) is 2.70. The van der Waals surface area contributed by atoms with Gasteiger partial charge in [-0.25, -0.2) is 0 Å². The zero-order valence-corrected chi connectivity index (χ0v) is 18.0. The molecule has 1 aromatic carbocycles. The summed E-state index contributed by atoms with van der Waals surface area (Å²) in [4.78, 5) is 30.5. The largest absolute Gasteiger partial charge is 0.348 e. The molecule has 1 saturated heterocycles. The SMILES string of the molecule is O=C(NC1CCCc2ccccc21)C(C1CCCC1)N1CCN(C(=O)C2CC2)CC1. The first-order valence-corrected chi connectivity index (χ1v) is 12.1. The molecule has 1 N–H and O–H groups in total. The third kappa shape index (κ3) is 4.14. The Morgan fingerprint density at radius 1 is 0.900 bits per heavy atom. The molecular formula is C25H35N3O2. The third-order valence-electron chi connectivity index (χ3n) is 7.75. The van der Waals surface area contributed by atoms with E-state index in [1.807, 2.05) is 4.90 Å². The van der Waals surface area contributed by atoms with E-state index < -0.39 is 0 Å². The Morgan fingerprint density at radius 2 is 1.63 bits per heavy atom. The van der Waals surface area contributed by atoms with Crippen LogP contribution in [0.2, 0.25) is 0 Å². The third-order valence-corrected chi connectivity index (χ3v) is 7.75. The Morgan fingerprint density at radius 3 is 2.37 bits per heavy atom. The zero-order valence-electron chi connectivity index (χ0n) is 18.0. The second kappa shape index (κ2) is 8.70. The maximum Gasteiger partial charge on any atom is 0.238 e. The number of aryl methyl sites for hydroxylation is 1. The maximum atomic E-state index is 13.6. The van der Waals surface area contributed by atoms with Crippen molar-refractivity contribution >= 4 is 11.8 Å². The number of hydrogen-bond donors (Lipinski definition) is 1. The highest BCUT2D eigenvalue weighted by molar-refractivity contribution is 5.83. The van der Waals surface area contributed by atoms with Gasteiger partial charge in [0.15, 0.2) is 0 Å². The highest BCUT2D eigenvalue weighted by Crippen LogP contribution is 2.34. The first-order valence-electron chi connectivity index (χ1n) is 12.1. The van der Waals surface area contributed by atoms with Crippen LogP contribution in [-0.2, 0) is 16.0 Å². The molecule has 5 heteroatoms. The number of fused-ring (bicyclic) bond motifs is 1. The minimum absolute atomic E-state index is 0.0419. The van der Waals surface area contributed by atoms with Crippen LogP contribution in [0.3, 0.4) is 0 Å². The topological polar surface area (TPSA) is 52.7 Å². The van der Waals surface area contributed by atoms with Crippen LogP contribution in [0.15, 0.2) is 24.3 Å². The van der Waals surface area contributed by atoms with Gasteiger partial charge in [0.05, 0.1) is 12.1 Å². The number of hydrogen-bond acceptors (Lipinski definition) is 3. The Labute approximate surface area is 180 Å². The van der Waals surface area contributed by atoms with E-state index in [9.17, 15) is 9.59 Å². The average molecular weight is 410 g/mol. The summed E-state index contributed by atoms with van der Waals surface area (Å²) in [5.74, 6) is 1.30. The molecule has 0 spiro atoms. The molecule has 2 amide bonds. The number of carbonyl (C=O) groups excluding carboxylic acids is 2. The summed E-state index contributed by atoms with van der Waals surface area (Å²) >= 11 is 0. The van der Waals surface area contributed by atoms with Crippen molar-refractivity contribution in [3.63, 3.8) is 0 Å². The number of piperazine rings is 1. The first kappa shape index (κ1) is 20.0. The van der Waals surface area contributed by atoms with Gasteiger partial charge < -0.3 is 10.2 Å². The molecule has 0 radical (unpaired) electrons.